The van der Waals surface area contributed by atoms with Crippen molar-refractivity contribution in [2.45, 2.75) is 25.7 Å². The fourth-order valence-electron chi connectivity index (χ4n) is 2.38. The highest BCUT2D eigenvalue weighted by atomic mass is 16.5. The first-order valence-electron chi connectivity index (χ1n) is 6.74. The molecular formula is C18H20O2. The molecule has 0 aromatic heterocycles. The molecule has 0 radical (unpaired) electrons. The molecule has 2 aromatic rings. The van der Waals surface area contributed by atoms with Crippen LogP contribution in [0, 0.1) is 6.92 Å². The van der Waals surface area contributed by atoms with E-state index in [1.807, 2.05) is 56.3 Å². The van der Waals surface area contributed by atoms with Gasteiger partial charge in [-0.25, -0.2) is 0 Å². The SMILES string of the molecule is COc1ccc(CC(C)(C=O)c2cccc(C)c2)cc1. The Labute approximate surface area is 120 Å². The summed E-state index contributed by atoms with van der Waals surface area (Å²) in [7, 11) is 1.65. The number of aldehydes is 1. The molecule has 0 fully saturated rings. The topological polar surface area (TPSA) is 26.3 Å². The van der Waals surface area contributed by atoms with Crippen LogP contribution in [-0.2, 0) is 16.6 Å². The maximum absolute atomic E-state index is 11.6. The van der Waals surface area contributed by atoms with Gasteiger partial charge < -0.3 is 9.53 Å². The number of benzene rings is 2. The molecule has 0 saturated heterocycles. The van der Waals surface area contributed by atoms with Crippen LogP contribution in [0.25, 0.3) is 0 Å². The zero-order valence-corrected chi connectivity index (χ0v) is 12.2. The maximum atomic E-state index is 11.6. The average Bonchev–Trinajstić information content (AvgIpc) is 2.48. The molecule has 0 spiro atoms. The van der Waals surface area contributed by atoms with Crippen LogP contribution < -0.4 is 4.74 Å². The van der Waals surface area contributed by atoms with Crippen molar-refractivity contribution in [1.82, 2.24) is 0 Å². The fraction of sp³-hybridized carbons (Fsp3) is 0.278. The second-order valence-corrected chi connectivity index (χ2v) is 5.43. The summed E-state index contributed by atoms with van der Waals surface area (Å²) >= 11 is 0. The molecule has 0 aliphatic carbocycles. The predicted molar refractivity (Wildman–Crippen MR) is 81.3 cm³/mol. The highest BCUT2D eigenvalue weighted by Gasteiger charge is 2.26. The number of methoxy groups -OCH3 is 1. The number of hydrogen-bond acceptors (Lipinski definition) is 2. The number of ether oxygens (including phenoxy) is 1. The zero-order chi connectivity index (χ0) is 14.6. The second-order valence-electron chi connectivity index (χ2n) is 5.43. The minimum absolute atomic E-state index is 0.499. The summed E-state index contributed by atoms with van der Waals surface area (Å²) in [5.41, 5.74) is 2.86. The molecule has 0 amide bonds. The molecule has 1 atom stereocenters. The van der Waals surface area contributed by atoms with Gasteiger partial charge in [-0.05, 0) is 43.5 Å². The number of hydrogen-bond donors (Lipinski definition) is 0. The molecule has 2 aromatic carbocycles. The quantitative estimate of drug-likeness (QED) is 0.773. The van der Waals surface area contributed by atoms with Crippen LogP contribution in [0.1, 0.15) is 23.6 Å². The lowest BCUT2D eigenvalue weighted by Gasteiger charge is -2.24. The number of carbonyl (C=O) groups is 1. The van der Waals surface area contributed by atoms with Crippen molar-refractivity contribution in [3.63, 3.8) is 0 Å². The molecular weight excluding hydrogens is 248 g/mol. The van der Waals surface area contributed by atoms with Gasteiger partial charge in [-0.2, -0.15) is 0 Å². The number of aryl methyl sites for hydroxylation is 1. The van der Waals surface area contributed by atoms with E-state index in [1.165, 1.54) is 5.56 Å². The number of rotatable bonds is 5. The summed E-state index contributed by atoms with van der Waals surface area (Å²) < 4.78 is 5.16. The van der Waals surface area contributed by atoms with E-state index in [9.17, 15) is 4.79 Å². The molecule has 2 rings (SSSR count). The van der Waals surface area contributed by atoms with Gasteiger partial charge in [-0.1, -0.05) is 42.0 Å². The smallest absolute Gasteiger partial charge is 0.130 e. The van der Waals surface area contributed by atoms with Gasteiger partial charge >= 0.3 is 0 Å². The van der Waals surface area contributed by atoms with E-state index in [-0.39, 0.29) is 0 Å². The minimum Gasteiger partial charge on any atom is -0.497 e. The molecule has 0 heterocycles. The lowest BCUT2D eigenvalue weighted by molar-refractivity contribution is -0.112. The van der Waals surface area contributed by atoms with E-state index >= 15 is 0 Å². The molecule has 2 nitrogen and oxygen atoms in total. The molecule has 0 bridgehead atoms. The fourth-order valence-corrected chi connectivity index (χ4v) is 2.38. The highest BCUT2D eigenvalue weighted by molar-refractivity contribution is 5.69. The first-order valence-corrected chi connectivity index (χ1v) is 6.74. The Morgan fingerprint density at radius 2 is 1.85 bits per heavy atom. The van der Waals surface area contributed by atoms with Gasteiger partial charge in [0.25, 0.3) is 0 Å². The maximum Gasteiger partial charge on any atom is 0.130 e. The standard InChI is InChI=1S/C18H20O2/c1-14-5-4-6-16(11-14)18(2,13-19)12-15-7-9-17(20-3)10-8-15/h4-11,13H,12H2,1-3H3. The van der Waals surface area contributed by atoms with Gasteiger partial charge in [0, 0.05) is 0 Å². The van der Waals surface area contributed by atoms with Crippen molar-refractivity contribution in [3.8, 4) is 5.75 Å². The van der Waals surface area contributed by atoms with Crippen LogP contribution in [0.3, 0.4) is 0 Å². The van der Waals surface area contributed by atoms with E-state index in [0.29, 0.717) is 6.42 Å². The Morgan fingerprint density at radius 1 is 1.15 bits per heavy atom. The van der Waals surface area contributed by atoms with Crippen molar-refractivity contribution >= 4 is 6.29 Å². The Bertz CT molecular complexity index is 587. The van der Waals surface area contributed by atoms with Gasteiger partial charge in [0.05, 0.1) is 12.5 Å². The van der Waals surface area contributed by atoms with Crippen LogP contribution in [0.4, 0.5) is 0 Å². The summed E-state index contributed by atoms with van der Waals surface area (Å²) in [4.78, 5) is 11.6. The van der Waals surface area contributed by atoms with Crippen LogP contribution in [0.2, 0.25) is 0 Å². The van der Waals surface area contributed by atoms with Gasteiger partial charge in [-0.3, -0.25) is 0 Å². The molecule has 0 N–H and O–H groups in total. The third-order valence-corrected chi connectivity index (χ3v) is 3.67. The summed E-state index contributed by atoms with van der Waals surface area (Å²) in [6.45, 7) is 4.03. The van der Waals surface area contributed by atoms with Gasteiger partial charge in [0.2, 0.25) is 0 Å². The molecule has 104 valence electrons. The van der Waals surface area contributed by atoms with Crippen LogP contribution in [-0.4, -0.2) is 13.4 Å². The van der Waals surface area contributed by atoms with E-state index in [4.69, 9.17) is 4.74 Å². The lowest BCUT2D eigenvalue weighted by atomic mass is 9.78. The van der Waals surface area contributed by atoms with Crippen molar-refractivity contribution in [3.05, 3.63) is 65.2 Å². The monoisotopic (exact) mass is 268 g/mol. The van der Waals surface area contributed by atoms with Crippen molar-refractivity contribution in [2.75, 3.05) is 7.11 Å². The first-order chi connectivity index (χ1) is 9.57. The van der Waals surface area contributed by atoms with Crippen molar-refractivity contribution in [1.29, 1.82) is 0 Å². The van der Waals surface area contributed by atoms with E-state index in [1.54, 1.807) is 7.11 Å². The third kappa shape index (κ3) is 3.08. The van der Waals surface area contributed by atoms with Gasteiger partial charge in [-0.15, -0.1) is 0 Å². The minimum atomic E-state index is -0.499. The average molecular weight is 268 g/mol. The predicted octanol–water partition coefficient (Wildman–Crippen LogP) is 3.70. The molecule has 0 aliphatic heterocycles. The Morgan fingerprint density at radius 3 is 2.40 bits per heavy atom. The Hall–Kier alpha value is -2.09. The van der Waals surface area contributed by atoms with Crippen molar-refractivity contribution < 1.29 is 9.53 Å². The summed E-state index contributed by atoms with van der Waals surface area (Å²) in [5, 5.41) is 0. The largest absolute Gasteiger partial charge is 0.497 e. The summed E-state index contributed by atoms with van der Waals surface area (Å²) in [6.07, 6.45) is 1.73. The van der Waals surface area contributed by atoms with E-state index in [2.05, 4.69) is 6.07 Å². The summed E-state index contributed by atoms with van der Waals surface area (Å²) in [5.74, 6) is 0.831. The molecule has 0 saturated carbocycles. The molecule has 2 heteroatoms. The Balaban J connectivity index is 2.28. The molecule has 1 unspecified atom stereocenters. The van der Waals surface area contributed by atoms with Gasteiger partial charge in [0.1, 0.15) is 12.0 Å². The van der Waals surface area contributed by atoms with E-state index in [0.717, 1.165) is 23.2 Å². The second kappa shape index (κ2) is 5.91. The van der Waals surface area contributed by atoms with Gasteiger partial charge in [0.15, 0.2) is 0 Å². The Kier molecular flexibility index (Phi) is 4.23. The van der Waals surface area contributed by atoms with Crippen LogP contribution in [0.5, 0.6) is 5.75 Å². The number of carbonyl (C=O) groups excluding carboxylic acids is 1. The molecule has 20 heavy (non-hydrogen) atoms. The normalized spacial score (nSPS) is 13.6. The van der Waals surface area contributed by atoms with Crippen LogP contribution in [0.15, 0.2) is 48.5 Å². The zero-order valence-electron chi connectivity index (χ0n) is 12.2. The van der Waals surface area contributed by atoms with Crippen molar-refractivity contribution in [2.24, 2.45) is 0 Å². The lowest BCUT2D eigenvalue weighted by Crippen LogP contribution is -2.26. The third-order valence-electron chi connectivity index (χ3n) is 3.67. The first kappa shape index (κ1) is 14.3. The van der Waals surface area contributed by atoms with E-state index < -0.39 is 5.41 Å². The highest BCUT2D eigenvalue weighted by Crippen LogP contribution is 2.27. The summed E-state index contributed by atoms with van der Waals surface area (Å²) in [6, 6.07) is 16.0. The molecule has 0 aliphatic rings. The van der Waals surface area contributed by atoms with Crippen LogP contribution >= 0.6 is 0 Å².